The lowest BCUT2D eigenvalue weighted by Gasteiger charge is -2.05. The molecule has 0 spiro atoms. The Balaban J connectivity index is 2.41. The summed E-state index contributed by atoms with van der Waals surface area (Å²) in [6.45, 7) is -1.85. The molecule has 0 bridgehead atoms. The van der Waals surface area contributed by atoms with Crippen LogP contribution >= 0.6 is 0 Å². The highest BCUT2D eigenvalue weighted by Crippen LogP contribution is 2.16. The number of ether oxygens (including phenoxy) is 1. The standard InChI is InChI=1S/C8H7F3O4/c9-8(10,11)4-14-3-6-1-5(2-15-6)7(12)13/h1-2H,3-4H2,(H,12,13)/p-1. The fourth-order valence-corrected chi connectivity index (χ4v) is 0.831. The summed E-state index contributed by atoms with van der Waals surface area (Å²) in [5.74, 6) is -1.46. The van der Waals surface area contributed by atoms with Crippen LogP contribution in [0.4, 0.5) is 13.2 Å². The number of carbonyl (C=O) groups is 1. The second kappa shape index (κ2) is 4.35. The molecule has 0 aliphatic carbocycles. The van der Waals surface area contributed by atoms with Gasteiger partial charge in [0.25, 0.3) is 0 Å². The SMILES string of the molecule is O=C([O-])c1coc(COCC(F)(F)F)c1. The number of carboxylic acid groups (broad SMARTS) is 1. The van der Waals surface area contributed by atoms with Gasteiger partial charge in [0.2, 0.25) is 0 Å². The van der Waals surface area contributed by atoms with Gasteiger partial charge in [0, 0.05) is 5.56 Å². The third kappa shape index (κ3) is 4.03. The molecule has 4 nitrogen and oxygen atoms in total. The minimum absolute atomic E-state index is 0.00144. The van der Waals surface area contributed by atoms with Crippen LogP contribution in [-0.2, 0) is 11.3 Å². The Morgan fingerprint density at radius 3 is 2.67 bits per heavy atom. The van der Waals surface area contributed by atoms with Gasteiger partial charge in [-0.1, -0.05) is 0 Å². The topological polar surface area (TPSA) is 62.5 Å². The molecule has 0 aliphatic heterocycles. The van der Waals surface area contributed by atoms with Crippen LogP contribution in [0.2, 0.25) is 0 Å². The molecule has 0 aliphatic rings. The maximum Gasteiger partial charge on any atom is 0.411 e. The van der Waals surface area contributed by atoms with Crippen molar-refractivity contribution in [3.63, 3.8) is 0 Å². The fourth-order valence-electron chi connectivity index (χ4n) is 0.831. The van der Waals surface area contributed by atoms with E-state index < -0.39 is 25.4 Å². The van der Waals surface area contributed by atoms with Crippen molar-refractivity contribution in [3.8, 4) is 0 Å². The van der Waals surface area contributed by atoms with E-state index in [2.05, 4.69) is 9.15 Å². The van der Waals surface area contributed by atoms with Gasteiger partial charge in [0.05, 0.1) is 12.2 Å². The number of halogens is 3. The first-order valence-corrected chi connectivity index (χ1v) is 3.82. The molecule has 0 atom stereocenters. The zero-order valence-corrected chi connectivity index (χ0v) is 7.34. The van der Waals surface area contributed by atoms with Gasteiger partial charge in [-0.25, -0.2) is 0 Å². The Labute approximate surface area is 82.3 Å². The highest BCUT2D eigenvalue weighted by atomic mass is 19.4. The zero-order valence-electron chi connectivity index (χ0n) is 7.34. The Kier molecular flexibility index (Phi) is 3.35. The molecule has 1 rings (SSSR count). The lowest BCUT2D eigenvalue weighted by atomic mass is 10.3. The van der Waals surface area contributed by atoms with E-state index >= 15 is 0 Å². The fraction of sp³-hybridized carbons (Fsp3) is 0.375. The van der Waals surface area contributed by atoms with Crippen LogP contribution in [0.5, 0.6) is 0 Å². The van der Waals surface area contributed by atoms with Gasteiger partial charge in [-0.3, -0.25) is 0 Å². The molecular weight excluding hydrogens is 217 g/mol. The first-order valence-electron chi connectivity index (χ1n) is 3.82. The number of hydrogen-bond acceptors (Lipinski definition) is 4. The van der Waals surface area contributed by atoms with Gasteiger partial charge >= 0.3 is 6.18 Å². The lowest BCUT2D eigenvalue weighted by Crippen LogP contribution is -2.21. The van der Waals surface area contributed by atoms with Crippen molar-refractivity contribution in [1.29, 1.82) is 0 Å². The van der Waals surface area contributed by atoms with Crippen molar-refractivity contribution in [3.05, 3.63) is 23.7 Å². The molecule has 0 saturated heterocycles. The average molecular weight is 223 g/mol. The maximum atomic E-state index is 11.6. The molecule has 1 aromatic heterocycles. The first-order chi connectivity index (χ1) is 6.88. The van der Waals surface area contributed by atoms with Crippen molar-refractivity contribution in [2.45, 2.75) is 12.8 Å². The van der Waals surface area contributed by atoms with Crippen molar-refractivity contribution in [2.24, 2.45) is 0 Å². The number of carboxylic acids is 1. The third-order valence-corrected chi connectivity index (χ3v) is 1.40. The molecule has 1 heterocycles. The summed E-state index contributed by atoms with van der Waals surface area (Å²) in [6, 6.07) is 1.05. The van der Waals surface area contributed by atoms with Gasteiger partial charge < -0.3 is 19.1 Å². The molecule has 0 aromatic carbocycles. The molecule has 0 saturated carbocycles. The zero-order chi connectivity index (χ0) is 11.5. The summed E-state index contributed by atoms with van der Waals surface area (Å²) < 4.78 is 43.8. The first kappa shape index (κ1) is 11.6. The van der Waals surface area contributed by atoms with Gasteiger partial charge in [-0.2, -0.15) is 13.2 Å². The highest BCUT2D eigenvalue weighted by Gasteiger charge is 2.27. The monoisotopic (exact) mass is 223 g/mol. The van der Waals surface area contributed by atoms with Crippen LogP contribution in [0.25, 0.3) is 0 Å². The highest BCUT2D eigenvalue weighted by molar-refractivity contribution is 5.85. The molecule has 15 heavy (non-hydrogen) atoms. The molecule has 1 aromatic rings. The number of carbonyl (C=O) groups excluding carboxylic acids is 1. The third-order valence-electron chi connectivity index (χ3n) is 1.40. The van der Waals surface area contributed by atoms with E-state index in [1.807, 2.05) is 0 Å². The van der Waals surface area contributed by atoms with Gasteiger partial charge in [-0.05, 0) is 6.07 Å². The number of furan rings is 1. The smallest absolute Gasteiger partial charge is 0.411 e. The number of aromatic carboxylic acids is 1. The van der Waals surface area contributed by atoms with Gasteiger partial charge in [0.15, 0.2) is 0 Å². The lowest BCUT2D eigenvalue weighted by molar-refractivity contribution is -0.255. The molecule has 0 radical (unpaired) electrons. The maximum absolute atomic E-state index is 11.6. The Morgan fingerprint density at radius 2 is 2.20 bits per heavy atom. The van der Waals surface area contributed by atoms with Crippen LogP contribution in [-0.4, -0.2) is 18.8 Å². The minimum Gasteiger partial charge on any atom is -0.545 e. The average Bonchev–Trinajstić information content (AvgIpc) is 2.50. The normalized spacial score (nSPS) is 11.7. The summed E-state index contributed by atoms with van der Waals surface area (Å²) in [7, 11) is 0. The van der Waals surface area contributed by atoms with E-state index in [1.54, 1.807) is 0 Å². The largest absolute Gasteiger partial charge is 0.545 e. The second-order valence-corrected chi connectivity index (χ2v) is 2.70. The van der Waals surface area contributed by atoms with Crippen LogP contribution in [0.3, 0.4) is 0 Å². The van der Waals surface area contributed by atoms with Crippen LogP contribution < -0.4 is 5.11 Å². The number of hydrogen-bond donors (Lipinski definition) is 0. The Morgan fingerprint density at radius 1 is 1.53 bits per heavy atom. The van der Waals surface area contributed by atoms with E-state index in [9.17, 15) is 23.1 Å². The molecule has 0 N–H and O–H groups in total. The minimum atomic E-state index is -4.41. The molecule has 0 fully saturated rings. The van der Waals surface area contributed by atoms with Gasteiger partial charge in [-0.15, -0.1) is 0 Å². The summed E-state index contributed by atoms with van der Waals surface area (Å²) in [5.41, 5.74) is -0.236. The predicted molar refractivity (Wildman–Crippen MR) is 38.7 cm³/mol. The van der Waals surface area contributed by atoms with Crippen LogP contribution in [0.15, 0.2) is 16.7 Å². The van der Waals surface area contributed by atoms with Crippen molar-refractivity contribution in [2.75, 3.05) is 6.61 Å². The number of rotatable bonds is 4. The molecule has 7 heteroatoms. The Bertz CT molecular complexity index is 342. The summed E-state index contributed by atoms with van der Waals surface area (Å²) >= 11 is 0. The molecule has 0 amide bonds. The second-order valence-electron chi connectivity index (χ2n) is 2.70. The van der Waals surface area contributed by atoms with E-state index in [0.29, 0.717) is 0 Å². The Hall–Kier alpha value is -1.50. The molecule has 84 valence electrons. The van der Waals surface area contributed by atoms with Crippen molar-refractivity contribution in [1.82, 2.24) is 0 Å². The van der Waals surface area contributed by atoms with E-state index in [4.69, 9.17) is 0 Å². The van der Waals surface area contributed by atoms with Crippen LogP contribution in [0.1, 0.15) is 16.1 Å². The quantitative estimate of drug-likeness (QED) is 0.754. The summed E-state index contributed by atoms with van der Waals surface area (Å²) in [4.78, 5) is 10.3. The van der Waals surface area contributed by atoms with E-state index in [-0.39, 0.29) is 11.3 Å². The predicted octanol–water partition coefficient (Wildman–Crippen LogP) is 0.722. The van der Waals surface area contributed by atoms with Crippen molar-refractivity contribution < 1.29 is 32.2 Å². The summed E-state index contributed by atoms with van der Waals surface area (Å²) in [6.07, 6.45) is -3.54. The van der Waals surface area contributed by atoms with Crippen molar-refractivity contribution >= 4 is 5.97 Å². The summed E-state index contributed by atoms with van der Waals surface area (Å²) in [5, 5.41) is 10.3. The van der Waals surface area contributed by atoms with E-state index in [1.165, 1.54) is 0 Å². The molecular formula is C8H6F3O4-. The molecule has 0 unspecified atom stereocenters. The van der Waals surface area contributed by atoms with Gasteiger partial charge in [0.1, 0.15) is 19.0 Å². The van der Waals surface area contributed by atoms with Crippen LogP contribution in [0, 0.1) is 0 Å². The number of alkyl halides is 3. The van der Waals surface area contributed by atoms with E-state index in [0.717, 1.165) is 12.3 Å².